The Hall–Kier alpha value is -1.43. The molecular formula is C18H30MgO9S. The number of ether oxygens (including phenoxy) is 2. The van der Waals surface area contributed by atoms with Gasteiger partial charge in [0.25, 0.3) is 10.1 Å². The molecular weight excluding hydrogens is 417 g/mol. The van der Waals surface area contributed by atoms with Gasteiger partial charge >= 0.3 is 41.0 Å². The summed E-state index contributed by atoms with van der Waals surface area (Å²) < 4.78 is 44.1. The quantitative estimate of drug-likeness (QED) is 0.142. The van der Waals surface area contributed by atoms with Crippen LogP contribution in [-0.2, 0) is 34.0 Å². The molecule has 0 radical (unpaired) electrons. The first-order valence-electron chi connectivity index (χ1n) is 8.67. The summed E-state index contributed by atoms with van der Waals surface area (Å²) in [7, 11) is -4.64. The second-order valence-electron chi connectivity index (χ2n) is 6.44. The van der Waals surface area contributed by atoms with Gasteiger partial charge in [-0.05, 0) is 33.6 Å². The van der Waals surface area contributed by atoms with Crippen molar-refractivity contribution in [3.05, 3.63) is 25.3 Å². The fourth-order valence-electron chi connectivity index (χ4n) is 3.25. The minimum atomic E-state index is -4.64. The predicted octanol–water partition coefficient (Wildman–Crippen LogP) is 1.97. The van der Waals surface area contributed by atoms with E-state index in [-0.39, 0.29) is 51.6 Å². The number of unbranched alkanes of at least 4 members (excludes halogenated alkanes) is 1. The van der Waals surface area contributed by atoms with Crippen LogP contribution in [0.1, 0.15) is 49.3 Å². The summed E-state index contributed by atoms with van der Waals surface area (Å²) in [6, 6.07) is 0. The predicted molar refractivity (Wildman–Crippen MR) is 109 cm³/mol. The Labute approximate surface area is 190 Å². The number of rotatable bonds is 13. The molecule has 0 aromatic heterocycles. The van der Waals surface area contributed by atoms with E-state index in [4.69, 9.17) is 14.6 Å². The van der Waals surface area contributed by atoms with Crippen molar-refractivity contribution in [3.63, 3.8) is 0 Å². The average Bonchev–Trinajstić information content (AvgIpc) is 2.59. The molecule has 0 rings (SSSR count). The first-order valence-corrected chi connectivity index (χ1v) is 10.2. The Bertz CT molecular complexity index is 685. The molecule has 0 fully saturated rings. The third-order valence-corrected chi connectivity index (χ3v) is 6.22. The molecule has 29 heavy (non-hydrogen) atoms. The molecule has 0 amide bonds. The minimum Gasteiger partial charge on any atom is -1.00 e. The Kier molecular flexibility index (Phi) is 13.3. The Morgan fingerprint density at radius 2 is 1.45 bits per heavy atom. The SMILES string of the molecule is C=CC(=O)OC(C)C(CCCCC(=O)O)(C(C)OC(=O)C=C)C(C)S(=O)(=O)O.[H-].[H-].[Mg+2]. The van der Waals surface area contributed by atoms with Crippen LogP contribution in [0.4, 0.5) is 0 Å². The molecule has 0 aromatic carbocycles. The van der Waals surface area contributed by atoms with Crippen LogP contribution < -0.4 is 0 Å². The van der Waals surface area contributed by atoms with Crippen LogP contribution in [-0.4, -0.2) is 76.5 Å². The zero-order valence-electron chi connectivity index (χ0n) is 19.0. The van der Waals surface area contributed by atoms with E-state index in [9.17, 15) is 27.4 Å². The Balaban J connectivity index is -0.00000121. The smallest absolute Gasteiger partial charge is 1.00 e. The van der Waals surface area contributed by atoms with E-state index < -0.39 is 50.9 Å². The molecule has 3 atom stereocenters. The normalized spacial score (nSPS) is 16.1. The maximum atomic E-state index is 12.0. The van der Waals surface area contributed by atoms with E-state index in [1.165, 1.54) is 20.8 Å². The van der Waals surface area contributed by atoms with Gasteiger partial charge in [-0.25, -0.2) is 9.59 Å². The monoisotopic (exact) mass is 446 g/mol. The molecule has 2 N–H and O–H groups in total. The molecule has 0 saturated heterocycles. The number of esters is 2. The standard InChI is InChI=1S/C18H28O9S.Mg.2H/c1-6-16(21)26-12(3)18(14(5)28(23,24)25,11-9-8-10-15(19)20)13(4)27-17(22)7-2;;;/h6-7,12-14H,1-2,8-11H2,3-5H3,(H,19,20)(H,23,24,25);;;/q;+2;2*-1. The first-order chi connectivity index (χ1) is 12.8. The fraction of sp³-hybridized carbons (Fsp3) is 0.611. The maximum Gasteiger partial charge on any atom is 2.00 e. The largest absolute Gasteiger partial charge is 2.00 e. The third-order valence-electron chi connectivity index (χ3n) is 4.89. The topological polar surface area (TPSA) is 144 Å². The van der Waals surface area contributed by atoms with E-state index >= 15 is 0 Å². The van der Waals surface area contributed by atoms with Gasteiger partial charge < -0.3 is 17.4 Å². The van der Waals surface area contributed by atoms with Crippen LogP contribution in [0.15, 0.2) is 25.3 Å². The number of carbonyl (C=O) groups is 3. The van der Waals surface area contributed by atoms with Gasteiger partial charge in [0, 0.05) is 18.6 Å². The number of hydrogen-bond acceptors (Lipinski definition) is 7. The molecule has 0 aliphatic heterocycles. The second kappa shape index (κ2) is 13.0. The zero-order chi connectivity index (χ0) is 22.1. The van der Waals surface area contributed by atoms with E-state index in [1.807, 2.05) is 0 Å². The van der Waals surface area contributed by atoms with Crippen LogP contribution >= 0.6 is 0 Å². The number of aliphatic carboxylic acids is 1. The number of hydrogen-bond donors (Lipinski definition) is 2. The summed E-state index contributed by atoms with van der Waals surface area (Å²) in [5, 5.41) is 7.31. The minimum absolute atomic E-state index is 0. The van der Waals surface area contributed by atoms with Gasteiger partial charge in [-0.1, -0.05) is 19.6 Å². The summed E-state index contributed by atoms with van der Waals surface area (Å²) in [5.74, 6) is -2.68. The van der Waals surface area contributed by atoms with E-state index in [1.54, 1.807) is 0 Å². The number of carboxylic acid groups (broad SMARTS) is 1. The van der Waals surface area contributed by atoms with Crippen LogP contribution in [0.25, 0.3) is 0 Å². The van der Waals surface area contributed by atoms with Gasteiger partial charge in [0.1, 0.15) is 12.2 Å². The summed E-state index contributed by atoms with van der Waals surface area (Å²) in [6.07, 6.45) is -0.178. The molecule has 164 valence electrons. The molecule has 0 spiro atoms. The number of carboxylic acids is 1. The van der Waals surface area contributed by atoms with Crippen LogP contribution in [0.2, 0.25) is 0 Å². The summed E-state index contributed by atoms with van der Waals surface area (Å²) in [4.78, 5) is 34.2. The summed E-state index contributed by atoms with van der Waals surface area (Å²) >= 11 is 0. The van der Waals surface area contributed by atoms with Crippen molar-refractivity contribution in [3.8, 4) is 0 Å². The number of carbonyl (C=O) groups excluding carboxylic acids is 2. The zero-order valence-corrected chi connectivity index (χ0v) is 19.2. The molecule has 0 bridgehead atoms. The van der Waals surface area contributed by atoms with Gasteiger partial charge in [0.05, 0.1) is 10.7 Å². The maximum absolute atomic E-state index is 12.0. The van der Waals surface area contributed by atoms with E-state index in [0.29, 0.717) is 0 Å². The average molecular weight is 447 g/mol. The van der Waals surface area contributed by atoms with Crippen molar-refractivity contribution < 1.29 is 44.8 Å². The fourth-order valence-corrected chi connectivity index (χ4v) is 4.31. The second-order valence-corrected chi connectivity index (χ2v) is 8.17. The molecule has 9 nitrogen and oxygen atoms in total. The van der Waals surface area contributed by atoms with E-state index in [2.05, 4.69) is 13.2 Å². The summed E-state index contributed by atoms with van der Waals surface area (Å²) in [5.41, 5.74) is -1.55. The molecule has 0 aliphatic carbocycles. The molecule has 0 aromatic rings. The van der Waals surface area contributed by atoms with Crippen LogP contribution in [0.3, 0.4) is 0 Å². The van der Waals surface area contributed by atoms with Gasteiger partial charge in [0.2, 0.25) is 0 Å². The summed E-state index contributed by atoms with van der Waals surface area (Å²) in [6.45, 7) is 10.6. The van der Waals surface area contributed by atoms with Crippen molar-refractivity contribution in [2.45, 2.75) is 63.9 Å². The van der Waals surface area contributed by atoms with Crippen molar-refractivity contribution >= 4 is 51.1 Å². The molecule has 0 aliphatic rings. The molecule has 0 heterocycles. The van der Waals surface area contributed by atoms with Crippen molar-refractivity contribution in [2.75, 3.05) is 0 Å². The first kappa shape index (κ1) is 29.8. The van der Waals surface area contributed by atoms with Gasteiger partial charge in [-0.15, -0.1) is 0 Å². The van der Waals surface area contributed by atoms with Gasteiger partial charge in [0.15, 0.2) is 0 Å². The Morgan fingerprint density at radius 1 is 1.03 bits per heavy atom. The van der Waals surface area contributed by atoms with Crippen LogP contribution in [0.5, 0.6) is 0 Å². The van der Waals surface area contributed by atoms with Gasteiger partial charge in [-0.3, -0.25) is 9.35 Å². The molecule has 0 saturated carbocycles. The van der Waals surface area contributed by atoms with Crippen LogP contribution in [0, 0.1) is 5.41 Å². The van der Waals surface area contributed by atoms with Crippen molar-refractivity contribution in [1.29, 1.82) is 0 Å². The van der Waals surface area contributed by atoms with E-state index in [0.717, 1.165) is 12.2 Å². The van der Waals surface area contributed by atoms with Crippen molar-refractivity contribution in [2.24, 2.45) is 5.41 Å². The third kappa shape index (κ3) is 8.85. The van der Waals surface area contributed by atoms with Gasteiger partial charge in [-0.2, -0.15) is 8.42 Å². The molecule has 3 unspecified atom stereocenters. The Morgan fingerprint density at radius 3 is 1.76 bits per heavy atom. The molecule has 11 heteroatoms. The van der Waals surface area contributed by atoms with Crippen molar-refractivity contribution in [1.82, 2.24) is 0 Å².